The number of hydrogen-bond donors (Lipinski definition) is 2. The molecule has 0 fully saturated rings. The Morgan fingerprint density at radius 1 is 1.15 bits per heavy atom. The lowest BCUT2D eigenvalue weighted by atomic mass is 10.2. The second kappa shape index (κ2) is 6.58. The molecule has 3 heterocycles. The number of nitrogen functional groups attached to an aromatic ring is 1. The molecule has 1 aromatic carbocycles. The maximum absolute atomic E-state index is 13.7. The summed E-state index contributed by atoms with van der Waals surface area (Å²) < 4.78 is 42.0. The Bertz CT molecular complexity index is 1090. The number of para-hydroxylation sites is 1. The molecule has 4 rings (SSSR count). The van der Waals surface area contributed by atoms with Crippen LogP contribution in [0.15, 0.2) is 47.5 Å². The molecule has 0 unspecified atom stereocenters. The van der Waals surface area contributed by atoms with Gasteiger partial charge >= 0.3 is 6.18 Å². The summed E-state index contributed by atoms with van der Waals surface area (Å²) >= 11 is 1.16. The minimum absolute atomic E-state index is 0.0348. The van der Waals surface area contributed by atoms with Crippen LogP contribution in [0, 0.1) is 0 Å². The molecule has 7 nitrogen and oxygen atoms in total. The number of fused-ring (bicyclic) bond motifs is 1. The first kappa shape index (κ1) is 17.3. The van der Waals surface area contributed by atoms with Crippen molar-refractivity contribution in [3.63, 3.8) is 0 Å². The zero-order valence-electron chi connectivity index (χ0n) is 13.6. The molecule has 0 amide bonds. The number of nitrogens with zero attached hydrogens (tertiary/aromatic N) is 5. The number of aromatic nitrogens is 6. The predicted molar refractivity (Wildman–Crippen MR) is 94.2 cm³/mol. The summed E-state index contributed by atoms with van der Waals surface area (Å²) in [5.41, 5.74) is 6.09. The molecule has 3 aromatic heterocycles. The molecule has 0 saturated carbocycles. The molecule has 3 N–H and O–H groups in total. The fourth-order valence-electron chi connectivity index (χ4n) is 2.65. The zero-order chi connectivity index (χ0) is 19.0. The molecule has 0 aliphatic carbocycles. The van der Waals surface area contributed by atoms with Crippen molar-refractivity contribution in [2.24, 2.45) is 0 Å². The monoisotopic (exact) mass is 391 g/mol. The van der Waals surface area contributed by atoms with Crippen molar-refractivity contribution in [2.75, 3.05) is 5.73 Å². The average molecular weight is 391 g/mol. The van der Waals surface area contributed by atoms with Crippen molar-refractivity contribution in [1.29, 1.82) is 0 Å². The minimum Gasteiger partial charge on any atom is -0.384 e. The molecule has 27 heavy (non-hydrogen) atoms. The second-order valence-electron chi connectivity index (χ2n) is 5.59. The van der Waals surface area contributed by atoms with Gasteiger partial charge in [-0.05, 0) is 18.2 Å². The maximum atomic E-state index is 13.7. The Hall–Kier alpha value is -3.08. The summed E-state index contributed by atoms with van der Waals surface area (Å²) in [6.07, 6.45) is -3.32. The Kier molecular flexibility index (Phi) is 4.22. The fourth-order valence-corrected chi connectivity index (χ4v) is 3.65. The molecular weight excluding hydrogens is 379 g/mol. The number of benzene rings is 1. The van der Waals surface area contributed by atoms with Gasteiger partial charge in [-0.25, -0.2) is 9.67 Å². The predicted octanol–water partition coefficient (Wildman–Crippen LogP) is 3.43. The SMILES string of the molecule is Nc1cc(SCc2cnn(-c3ccccc3)c2C(F)(F)F)c2n[nH]nc2n1. The Morgan fingerprint density at radius 2 is 1.93 bits per heavy atom. The van der Waals surface area contributed by atoms with E-state index in [1.54, 1.807) is 36.4 Å². The number of thioether (sulfide) groups is 1. The highest BCUT2D eigenvalue weighted by Gasteiger charge is 2.38. The van der Waals surface area contributed by atoms with E-state index in [1.165, 1.54) is 6.20 Å². The number of nitrogens with one attached hydrogen (secondary N) is 1. The van der Waals surface area contributed by atoms with Gasteiger partial charge in [0.1, 0.15) is 11.3 Å². The normalized spacial score (nSPS) is 12.0. The lowest BCUT2D eigenvalue weighted by Crippen LogP contribution is -2.15. The van der Waals surface area contributed by atoms with Gasteiger partial charge in [0.15, 0.2) is 5.69 Å². The van der Waals surface area contributed by atoms with Crippen molar-refractivity contribution in [1.82, 2.24) is 30.2 Å². The third kappa shape index (κ3) is 3.33. The topological polar surface area (TPSA) is 98.3 Å². The van der Waals surface area contributed by atoms with Gasteiger partial charge < -0.3 is 5.73 Å². The highest BCUT2D eigenvalue weighted by molar-refractivity contribution is 7.98. The van der Waals surface area contributed by atoms with Crippen LogP contribution in [0.5, 0.6) is 0 Å². The molecule has 138 valence electrons. The highest BCUT2D eigenvalue weighted by atomic mass is 32.2. The molecule has 0 aliphatic heterocycles. The summed E-state index contributed by atoms with van der Waals surface area (Å²) in [6.45, 7) is 0. The summed E-state index contributed by atoms with van der Waals surface area (Å²) in [5.74, 6) is 0.252. The van der Waals surface area contributed by atoms with E-state index in [4.69, 9.17) is 5.73 Å². The molecule has 0 radical (unpaired) electrons. The van der Waals surface area contributed by atoms with Gasteiger partial charge in [0.25, 0.3) is 0 Å². The molecule has 0 atom stereocenters. The molecular formula is C16H12F3N7S. The Labute approximate surface area is 154 Å². The first-order valence-electron chi connectivity index (χ1n) is 7.73. The van der Waals surface area contributed by atoms with Crippen LogP contribution in [0.4, 0.5) is 19.0 Å². The number of hydrogen-bond acceptors (Lipinski definition) is 6. The molecule has 11 heteroatoms. The van der Waals surface area contributed by atoms with Crippen molar-refractivity contribution in [2.45, 2.75) is 16.8 Å². The number of H-pyrrole nitrogens is 1. The van der Waals surface area contributed by atoms with E-state index in [0.29, 0.717) is 21.7 Å². The maximum Gasteiger partial charge on any atom is 0.433 e. The third-order valence-electron chi connectivity index (χ3n) is 3.77. The number of alkyl halides is 3. The number of aromatic amines is 1. The van der Waals surface area contributed by atoms with Crippen LogP contribution in [-0.4, -0.2) is 30.2 Å². The number of anilines is 1. The van der Waals surface area contributed by atoms with Gasteiger partial charge in [0.2, 0.25) is 5.65 Å². The number of nitrogens with two attached hydrogens (primary N) is 1. The molecule has 4 aromatic rings. The first-order chi connectivity index (χ1) is 12.9. The summed E-state index contributed by atoms with van der Waals surface area (Å²) in [7, 11) is 0. The van der Waals surface area contributed by atoms with Crippen molar-refractivity contribution in [3.8, 4) is 5.69 Å². The summed E-state index contributed by atoms with van der Waals surface area (Å²) in [4.78, 5) is 4.60. The number of rotatable bonds is 4. The van der Waals surface area contributed by atoms with Crippen LogP contribution in [0.25, 0.3) is 16.9 Å². The quantitative estimate of drug-likeness (QED) is 0.517. The average Bonchev–Trinajstić information content (AvgIpc) is 3.26. The number of halogens is 3. The summed E-state index contributed by atoms with van der Waals surface area (Å²) in [6, 6.07) is 9.75. The van der Waals surface area contributed by atoms with E-state index in [1.807, 2.05) is 0 Å². The van der Waals surface area contributed by atoms with E-state index < -0.39 is 11.9 Å². The van der Waals surface area contributed by atoms with Gasteiger partial charge in [-0.15, -0.1) is 16.9 Å². The van der Waals surface area contributed by atoms with Crippen molar-refractivity contribution >= 4 is 28.7 Å². The number of pyridine rings is 1. The lowest BCUT2D eigenvalue weighted by molar-refractivity contribution is -0.143. The van der Waals surface area contributed by atoms with Crippen LogP contribution >= 0.6 is 11.8 Å². The zero-order valence-corrected chi connectivity index (χ0v) is 14.4. The minimum atomic E-state index is -4.55. The molecule has 0 spiro atoms. The van der Waals surface area contributed by atoms with Gasteiger partial charge in [-0.1, -0.05) is 18.2 Å². The van der Waals surface area contributed by atoms with Crippen molar-refractivity contribution in [3.05, 3.63) is 53.9 Å². The van der Waals surface area contributed by atoms with Crippen LogP contribution in [0.3, 0.4) is 0 Å². The van der Waals surface area contributed by atoms with E-state index in [9.17, 15) is 13.2 Å². The van der Waals surface area contributed by atoms with Crippen LogP contribution < -0.4 is 5.73 Å². The molecule has 0 saturated heterocycles. The van der Waals surface area contributed by atoms with Gasteiger partial charge in [-0.2, -0.15) is 28.6 Å². The largest absolute Gasteiger partial charge is 0.433 e. The second-order valence-corrected chi connectivity index (χ2v) is 6.61. The molecule has 0 aliphatic rings. The third-order valence-corrected chi connectivity index (χ3v) is 4.85. The van der Waals surface area contributed by atoms with Gasteiger partial charge in [0.05, 0.1) is 11.9 Å². The van der Waals surface area contributed by atoms with Crippen LogP contribution in [0.2, 0.25) is 0 Å². The van der Waals surface area contributed by atoms with E-state index in [0.717, 1.165) is 16.4 Å². The smallest absolute Gasteiger partial charge is 0.384 e. The first-order valence-corrected chi connectivity index (χ1v) is 8.71. The van der Waals surface area contributed by atoms with Crippen molar-refractivity contribution < 1.29 is 13.2 Å². The van der Waals surface area contributed by atoms with Crippen LogP contribution in [-0.2, 0) is 11.9 Å². The van der Waals surface area contributed by atoms with E-state index >= 15 is 0 Å². The Balaban J connectivity index is 1.70. The standard InChI is InChI=1S/C16H12F3N7S/c17-16(18,19)14-9(7-21-26(14)10-4-2-1-3-5-10)8-27-11-6-12(20)22-15-13(11)23-25-24-15/h1-7H,8H2,(H3,20,22,23,24,25). The Morgan fingerprint density at radius 3 is 2.67 bits per heavy atom. The fraction of sp³-hybridized carbons (Fsp3) is 0.125. The highest BCUT2D eigenvalue weighted by Crippen LogP contribution is 2.37. The molecule has 0 bridgehead atoms. The van der Waals surface area contributed by atoms with Gasteiger partial charge in [0, 0.05) is 16.2 Å². The van der Waals surface area contributed by atoms with Crippen LogP contribution in [0.1, 0.15) is 11.3 Å². The lowest BCUT2D eigenvalue weighted by Gasteiger charge is -2.12. The van der Waals surface area contributed by atoms with E-state index in [-0.39, 0.29) is 17.1 Å². The summed E-state index contributed by atoms with van der Waals surface area (Å²) in [5, 5.41) is 14.2. The van der Waals surface area contributed by atoms with Gasteiger partial charge in [-0.3, -0.25) is 0 Å². The van der Waals surface area contributed by atoms with E-state index in [2.05, 4.69) is 25.5 Å².